The van der Waals surface area contributed by atoms with Crippen molar-refractivity contribution in [1.29, 1.82) is 0 Å². The van der Waals surface area contributed by atoms with E-state index in [2.05, 4.69) is 17.2 Å². The number of nitrogens with zero attached hydrogens (tertiary/aromatic N) is 1. The fourth-order valence-corrected chi connectivity index (χ4v) is 3.86. The summed E-state index contributed by atoms with van der Waals surface area (Å²) < 4.78 is 10.2. The molecule has 2 unspecified atom stereocenters. The molecule has 0 saturated carbocycles. The third-order valence-corrected chi connectivity index (χ3v) is 5.58. The van der Waals surface area contributed by atoms with Gasteiger partial charge in [-0.1, -0.05) is 24.3 Å². The number of para-hydroxylation sites is 1. The number of phenols is 1. The van der Waals surface area contributed by atoms with Crippen LogP contribution >= 0.6 is 11.8 Å². The van der Waals surface area contributed by atoms with Crippen LogP contribution < -0.4 is 10.6 Å². The van der Waals surface area contributed by atoms with Crippen molar-refractivity contribution >= 4 is 35.6 Å². The summed E-state index contributed by atoms with van der Waals surface area (Å²) in [5.41, 5.74) is -0.581. The lowest BCUT2D eigenvalue weighted by Gasteiger charge is -2.34. The Bertz CT molecular complexity index is 933. The van der Waals surface area contributed by atoms with Crippen molar-refractivity contribution < 1.29 is 33.8 Å². The monoisotopic (exact) mass is 537 g/mol. The molecule has 0 bridgehead atoms. The molecule has 0 fully saturated rings. The number of phenolic OH excluding ortho intramolecular Hbond substituents is 1. The van der Waals surface area contributed by atoms with Gasteiger partial charge in [0.15, 0.2) is 0 Å². The SMILES string of the molecule is C=CCN(C(=O)C(CCSC)NC(=O)OC(C)(C)C)C(C(=O)NCCC(=O)OCC)c1ccccc1O. The average molecular weight is 538 g/mol. The maximum absolute atomic E-state index is 13.8. The van der Waals surface area contributed by atoms with Gasteiger partial charge in [-0.15, -0.1) is 6.58 Å². The molecule has 0 aliphatic rings. The summed E-state index contributed by atoms with van der Waals surface area (Å²) in [5.74, 6) is -1.26. The molecule has 0 aliphatic carbocycles. The van der Waals surface area contributed by atoms with E-state index in [4.69, 9.17) is 9.47 Å². The Morgan fingerprint density at radius 1 is 1.22 bits per heavy atom. The van der Waals surface area contributed by atoms with Crippen LogP contribution in [0.15, 0.2) is 36.9 Å². The van der Waals surface area contributed by atoms with E-state index in [-0.39, 0.29) is 43.9 Å². The first-order valence-corrected chi connectivity index (χ1v) is 13.5. The molecule has 1 aromatic rings. The standard InChI is InChI=1S/C26H39N3O7S/c1-7-16-29(24(33)19(14-17-37-6)28-25(34)36-26(3,4)5)22(18-11-9-10-12-20(18)30)23(32)27-15-13-21(31)35-8-2/h7,9-12,19,22,30H,1,8,13-17H2,2-6H3,(H,27,32)(H,28,34). The Balaban J connectivity index is 3.34. The second-order valence-corrected chi connectivity index (χ2v) is 10.1. The van der Waals surface area contributed by atoms with Crippen LogP contribution in [0.5, 0.6) is 5.75 Å². The zero-order chi connectivity index (χ0) is 28.0. The largest absolute Gasteiger partial charge is 0.508 e. The average Bonchev–Trinajstić information content (AvgIpc) is 2.81. The smallest absolute Gasteiger partial charge is 0.408 e. The molecule has 0 spiro atoms. The van der Waals surface area contributed by atoms with Crippen LogP contribution in [0.25, 0.3) is 0 Å². The van der Waals surface area contributed by atoms with Gasteiger partial charge in [-0.25, -0.2) is 4.79 Å². The molecular weight excluding hydrogens is 498 g/mol. The number of carbonyl (C=O) groups is 4. The highest BCUT2D eigenvalue weighted by Crippen LogP contribution is 2.30. The second kappa shape index (κ2) is 15.8. The minimum Gasteiger partial charge on any atom is -0.508 e. The number of thioether (sulfide) groups is 1. The highest BCUT2D eigenvalue weighted by atomic mass is 32.2. The molecule has 0 heterocycles. The van der Waals surface area contributed by atoms with Gasteiger partial charge in [0.25, 0.3) is 0 Å². The van der Waals surface area contributed by atoms with Crippen molar-refractivity contribution in [3.8, 4) is 5.75 Å². The lowest BCUT2D eigenvalue weighted by atomic mass is 10.0. The second-order valence-electron chi connectivity index (χ2n) is 9.07. The van der Waals surface area contributed by atoms with E-state index < -0.39 is 41.6 Å². The van der Waals surface area contributed by atoms with Crippen molar-refractivity contribution in [2.24, 2.45) is 0 Å². The van der Waals surface area contributed by atoms with E-state index in [0.29, 0.717) is 5.75 Å². The van der Waals surface area contributed by atoms with Crippen LogP contribution in [-0.2, 0) is 23.9 Å². The number of benzene rings is 1. The molecule has 206 valence electrons. The first-order valence-electron chi connectivity index (χ1n) is 12.1. The molecule has 1 rings (SSSR count). The maximum atomic E-state index is 13.8. The molecule has 0 saturated heterocycles. The molecule has 10 nitrogen and oxygen atoms in total. The molecule has 11 heteroatoms. The van der Waals surface area contributed by atoms with E-state index in [1.807, 2.05) is 6.26 Å². The number of nitrogens with one attached hydrogen (secondary N) is 2. The molecule has 0 aromatic heterocycles. The third-order valence-electron chi connectivity index (χ3n) is 4.93. The number of ether oxygens (including phenoxy) is 2. The molecule has 37 heavy (non-hydrogen) atoms. The fraction of sp³-hybridized carbons (Fsp3) is 0.538. The summed E-state index contributed by atoms with van der Waals surface area (Å²) in [6.07, 6.45) is 2.79. The van der Waals surface area contributed by atoms with E-state index in [1.54, 1.807) is 39.8 Å². The first-order chi connectivity index (χ1) is 17.4. The van der Waals surface area contributed by atoms with Crippen molar-refractivity contribution in [3.63, 3.8) is 0 Å². The number of aromatic hydroxyl groups is 1. The zero-order valence-electron chi connectivity index (χ0n) is 22.2. The van der Waals surface area contributed by atoms with Gasteiger partial charge < -0.3 is 30.1 Å². The summed E-state index contributed by atoms with van der Waals surface area (Å²) in [6, 6.07) is 3.92. The number of alkyl carbamates (subject to hydrolysis) is 1. The Morgan fingerprint density at radius 3 is 2.46 bits per heavy atom. The van der Waals surface area contributed by atoms with Crippen molar-refractivity contribution in [1.82, 2.24) is 15.5 Å². The quantitative estimate of drug-likeness (QED) is 0.243. The lowest BCUT2D eigenvalue weighted by molar-refractivity contribution is -0.144. The Morgan fingerprint density at radius 2 is 1.89 bits per heavy atom. The molecular formula is C26H39N3O7S. The summed E-state index contributed by atoms with van der Waals surface area (Å²) in [5, 5.41) is 15.8. The zero-order valence-corrected chi connectivity index (χ0v) is 23.1. The molecule has 3 N–H and O–H groups in total. The number of rotatable bonds is 14. The highest BCUT2D eigenvalue weighted by Gasteiger charge is 2.36. The van der Waals surface area contributed by atoms with Crippen molar-refractivity contribution in [2.75, 3.05) is 31.7 Å². The van der Waals surface area contributed by atoms with Crippen LogP contribution in [0.4, 0.5) is 4.79 Å². The molecule has 2 atom stereocenters. The number of hydrogen-bond acceptors (Lipinski definition) is 8. The summed E-state index contributed by atoms with van der Waals surface area (Å²) in [6.45, 7) is 10.7. The van der Waals surface area contributed by atoms with Crippen LogP contribution in [0.2, 0.25) is 0 Å². The predicted octanol–water partition coefficient (Wildman–Crippen LogP) is 3.16. The van der Waals surface area contributed by atoms with E-state index in [0.717, 1.165) is 0 Å². The van der Waals surface area contributed by atoms with Gasteiger partial charge in [0.2, 0.25) is 11.8 Å². The van der Waals surface area contributed by atoms with Gasteiger partial charge in [0.1, 0.15) is 23.4 Å². The number of hydrogen-bond donors (Lipinski definition) is 3. The number of carbonyl (C=O) groups excluding carboxylic acids is 4. The van der Waals surface area contributed by atoms with Crippen LogP contribution in [0, 0.1) is 0 Å². The van der Waals surface area contributed by atoms with Crippen LogP contribution in [0.3, 0.4) is 0 Å². The Labute approximate surface area is 223 Å². The Hall–Kier alpha value is -3.21. The maximum Gasteiger partial charge on any atom is 0.408 e. The third kappa shape index (κ3) is 11.2. The number of esters is 1. The molecule has 0 radical (unpaired) electrons. The highest BCUT2D eigenvalue weighted by molar-refractivity contribution is 7.98. The van der Waals surface area contributed by atoms with Gasteiger partial charge in [-0.05, 0) is 52.2 Å². The molecule has 1 aromatic carbocycles. The van der Waals surface area contributed by atoms with Crippen molar-refractivity contribution in [2.45, 2.75) is 58.2 Å². The summed E-state index contributed by atoms with van der Waals surface area (Å²) >= 11 is 1.50. The summed E-state index contributed by atoms with van der Waals surface area (Å²) in [7, 11) is 0. The van der Waals surface area contributed by atoms with E-state index >= 15 is 0 Å². The predicted molar refractivity (Wildman–Crippen MR) is 143 cm³/mol. The van der Waals surface area contributed by atoms with Crippen molar-refractivity contribution in [3.05, 3.63) is 42.5 Å². The van der Waals surface area contributed by atoms with Gasteiger partial charge in [-0.2, -0.15) is 11.8 Å². The van der Waals surface area contributed by atoms with Gasteiger partial charge in [0.05, 0.1) is 13.0 Å². The van der Waals surface area contributed by atoms with Gasteiger partial charge >= 0.3 is 12.1 Å². The molecule has 3 amide bonds. The van der Waals surface area contributed by atoms with Crippen LogP contribution in [0.1, 0.15) is 52.1 Å². The van der Waals surface area contributed by atoms with E-state index in [1.165, 1.54) is 34.9 Å². The minimum atomic E-state index is -1.26. The minimum absolute atomic E-state index is 0.0239. The topological polar surface area (TPSA) is 134 Å². The molecule has 0 aliphatic heterocycles. The fourth-order valence-electron chi connectivity index (χ4n) is 3.39. The normalized spacial score (nSPS) is 12.6. The van der Waals surface area contributed by atoms with Gasteiger partial charge in [-0.3, -0.25) is 14.4 Å². The number of amides is 3. The van der Waals surface area contributed by atoms with Gasteiger partial charge in [0, 0.05) is 18.7 Å². The lowest BCUT2D eigenvalue weighted by Crippen LogP contribution is -2.53. The van der Waals surface area contributed by atoms with E-state index in [9.17, 15) is 24.3 Å². The summed E-state index contributed by atoms with van der Waals surface area (Å²) in [4.78, 5) is 52.6. The Kier molecular flexibility index (Phi) is 13.6. The van der Waals surface area contributed by atoms with Crippen LogP contribution in [-0.4, -0.2) is 77.2 Å². The first kappa shape index (κ1) is 31.8.